The Kier molecular flexibility index (Phi) is 8.12. The third-order valence-corrected chi connectivity index (χ3v) is 6.91. The van der Waals surface area contributed by atoms with Gasteiger partial charge in [0.05, 0.1) is 12.1 Å². The van der Waals surface area contributed by atoms with Crippen LogP contribution in [0.1, 0.15) is 61.1 Å². The minimum Gasteiger partial charge on any atom is -0.369 e. The molecule has 0 saturated carbocycles. The molecule has 3 heterocycles. The highest BCUT2D eigenvalue weighted by molar-refractivity contribution is 5.79. The van der Waals surface area contributed by atoms with E-state index >= 15 is 0 Å². The Morgan fingerprint density at radius 1 is 1.05 bits per heavy atom. The second-order valence-corrected chi connectivity index (χ2v) is 10.2. The maximum Gasteiger partial charge on any atom is 0.451 e. The molecule has 0 radical (unpaired) electrons. The molecule has 12 heteroatoms. The number of hydrogen-bond donors (Lipinski definition) is 1. The Labute approximate surface area is 222 Å². The number of piperidine rings is 1. The van der Waals surface area contributed by atoms with Crippen molar-refractivity contribution in [2.45, 2.75) is 57.5 Å². The molecule has 1 aliphatic heterocycles. The van der Waals surface area contributed by atoms with Gasteiger partial charge in [0.2, 0.25) is 11.7 Å². The van der Waals surface area contributed by atoms with Gasteiger partial charge >= 0.3 is 6.18 Å². The van der Waals surface area contributed by atoms with E-state index in [0.29, 0.717) is 31.8 Å². The maximum atomic E-state index is 14.0. The van der Waals surface area contributed by atoms with Gasteiger partial charge in [-0.25, -0.2) is 28.7 Å². The Hall–Kier alpha value is -3.70. The predicted molar refractivity (Wildman–Crippen MR) is 134 cm³/mol. The van der Waals surface area contributed by atoms with Gasteiger partial charge in [-0.05, 0) is 43.5 Å². The molecule has 0 atom stereocenters. The lowest BCUT2D eigenvalue weighted by atomic mass is 9.79. The molecule has 1 fully saturated rings. The van der Waals surface area contributed by atoms with Gasteiger partial charge in [-0.3, -0.25) is 4.79 Å². The first-order valence-corrected chi connectivity index (χ1v) is 12.5. The van der Waals surface area contributed by atoms with Crippen molar-refractivity contribution in [1.82, 2.24) is 24.8 Å². The highest BCUT2D eigenvalue weighted by atomic mass is 19.4. The zero-order valence-corrected chi connectivity index (χ0v) is 21.8. The number of carbonyl (C=O) groups excluding carboxylic acids is 1. The lowest BCUT2D eigenvalue weighted by Crippen LogP contribution is -2.40. The molecule has 0 aliphatic carbocycles. The van der Waals surface area contributed by atoms with E-state index in [4.69, 9.17) is 4.98 Å². The molecule has 1 aromatic carbocycles. The van der Waals surface area contributed by atoms with Crippen LogP contribution < -0.4 is 5.32 Å². The third kappa shape index (κ3) is 6.66. The van der Waals surface area contributed by atoms with Crippen molar-refractivity contribution in [3.63, 3.8) is 0 Å². The number of carbonyl (C=O) groups is 1. The van der Waals surface area contributed by atoms with Crippen LogP contribution in [0.4, 0.5) is 27.8 Å². The van der Waals surface area contributed by atoms with Crippen molar-refractivity contribution in [1.29, 1.82) is 0 Å². The zero-order valence-electron chi connectivity index (χ0n) is 21.8. The van der Waals surface area contributed by atoms with Crippen LogP contribution in [-0.2, 0) is 22.8 Å². The fraction of sp³-hybridized carbons (Fsp3) is 0.444. The number of likely N-dealkylation sites (tertiary alicyclic amines) is 1. The van der Waals surface area contributed by atoms with Crippen molar-refractivity contribution in [3.8, 4) is 0 Å². The molecule has 0 bridgehead atoms. The topological polar surface area (TPSA) is 83.9 Å². The summed E-state index contributed by atoms with van der Waals surface area (Å²) in [6, 6.07) is 4.90. The number of nitrogens with zero attached hydrogens (tertiary/aromatic N) is 5. The zero-order chi connectivity index (χ0) is 28.4. The van der Waals surface area contributed by atoms with E-state index < -0.39 is 29.1 Å². The summed E-state index contributed by atoms with van der Waals surface area (Å²) in [6.45, 7) is 6.71. The van der Waals surface area contributed by atoms with Gasteiger partial charge in [0, 0.05) is 48.9 Å². The van der Waals surface area contributed by atoms with Gasteiger partial charge in [0.1, 0.15) is 23.3 Å². The number of halogens is 5. The van der Waals surface area contributed by atoms with Crippen LogP contribution in [0, 0.1) is 18.6 Å². The van der Waals surface area contributed by atoms with Crippen LogP contribution in [0.3, 0.4) is 0 Å². The van der Waals surface area contributed by atoms with Crippen molar-refractivity contribution in [3.05, 3.63) is 76.8 Å². The Morgan fingerprint density at radius 3 is 2.36 bits per heavy atom. The number of benzene rings is 1. The van der Waals surface area contributed by atoms with Gasteiger partial charge < -0.3 is 10.2 Å². The first-order valence-electron chi connectivity index (χ1n) is 12.5. The van der Waals surface area contributed by atoms with E-state index in [-0.39, 0.29) is 36.2 Å². The van der Waals surface area contributed by atoms with E-state index in [1.807, 2.05) is 13.8 Å². The van der Waals surface area contributed by atoms with Gasteiger partial charge in [-0.2, -0.15) is 13.2 Å². The van der Waals surface area contributed by atoms with Crippen LogP contribution >= 0.6 is 0 Å². The van der Waals surface area contributed by atoms with Crippen LogP contribution in [0.15, 0.2) is 36.7 Å². The van der Waals surface area contributed by atoms with Gasteiger partial charge in [0.15, 0.2) is 0 Å². The van der Waals surface area contributed by atoms with Crippen molar-refractivity contribution in [2.24, 2.45) is 0 Å². The molecule has 1 saturated heterocycles. The maximum absolute atomic E-state index is 14.0. The number of hydrogen-bond acceptors (Lipinski definition) is 6. The Balaban J connectivity index is 1.45. The van der Waals surface area contributed by atoms with Crippen molar-refractivity contribution < 1.29 is 26.7 Å². The molecular weight excluding hydrogens is 519 g/mol. The van der Waals surface area contributed by atoms with Crippen molar-refractivity contribution in [2.75, 3.05) is 25.0 Å². The standard InChI is InChI=1S/C27H29F5N6O/c1-16-34-14-19(26(2,3)15-35-22-7-10-33-25(37-22)27(30,31)32)24(36-16)17-8-11-38(12-9-17)23(39)13-18-20(28)5-4-6-21(18)29/h4-7,10,14,17H,8-9,11-13,15H2,1-3H3,(H,33,35,37). The van der Waals surface area contributed by atoms with Gasteiger partial charge in [-0.1, -0.05) is 19.9 Å². The van der Waals surface area contributed by atoms with E-state index in [0.717, 1.165) is 29.6 Å². The number of aryl methyl sites for hydroxylation is 1. The van der Waals surface area contributed by atoms with Gasteiger partial charge in [-0.15, -0.1) is 0 Å². The first-order chi connectivity index (χ1) is 18.3. The Bertz CT molecular complexity index is 1320. The molecule has 3 aromatic rings. The molecule has 7 nitrogen and oxygen atoms in total. The van der Waals surface area contributed by atoms with Crippen LogP contribution in [0.25, 0.3) is 0 Å². The van der Waals surface area contributed by atoms with E-state index in [9.17, 15) is 26.7 Å². The predicted octanol–water partition coefficient (Wildman–Crippen LogP) is 5.21. The monoisotopic (exact) mass is 548 g/mol. The summed E-state index contributed by atoms with van der Waals surface area (Å²) in [5, 5.41) is 2.97. The van der Waals surface area contributed by atoms with E-state index in [2.05, 4.69) is 20.3 Å². The number of amides is 1. The fourth-order valence-corrected chi connectivity index (χ4v) is 4.69. The highest BCUT2D eigenvalue weighted by Gasteiger charge is 2.35. The van der Waals surface area contributed by atoms with Crippen LogP contribution in [-0.4, -0.2) is 50.4 Å². The molecule has 2 aromatic heterocycles. The average Bonchev–Trinajstić information content (AvgIpc) is 2.89. The normalized spacial score (nSPS) is 14.9. The summed E-state index contributed by atoms with van der Waals surface area (Å²) in [7, 11) is 0. The lowest BCUT2D eigenvalue weighted by Gasteiger charge is -2.35. The number of alkyl halides is 3. The second kappa shape index (κ2) is 11.2. The van der Waals surface area contributed by atoms with E-state index in [1.165, 1.54) is 12.1 Å². The van der Waals surface area contributed by atoms with E-state index in [1.54, 1.807) is 18.0 Å². The number of anilines is 1. The average molecular weight is 549 g/mol. The molecule has 1 amide bonds. The summed E-state index contributed by atoms with van der Waals surface area (Å²) in [6.07, 6.45) is -1.01. The number of rotatable bonds is 7. The molecule has 39 heavy (non-hydrogen) atoms. The smallest absolute Gasteiger partial charge is 0.369 e. The summed E-state index contributed by atoms with van der Waals surface area (Å²) in [4.78, 5) is 30.3. The third-order valence-electron chi connectivity index (χ3n) is 6.91. The quantitative estimate of drug-likeness (QED) is 0.408. The molecule has 208 valence electrons. The minimum absolute atomic E-state index is 0.00565. The van der Waals surface area contributed by atoms with Crippen LogP contribution in [0.5, 0.6) is 0 Å². The van der Waals surface area contributed by atoms with Crippen molar-refractivity contribution >= 4 is 11.7 Å². The summed E-state index contributed by atoms with van der Waals surface area (Å²) < 4.78 is 67.0. The molecule has 0 unspecified atom stereocenters. The number of nitrogens with one attached hydrogen (secondary N) is 1. The number of aromatic nitrogens is 4. The van der Waals surface area contributed by atoms with Crippen LogP contribution in [0.2, 0.25) is 0 Å². The summed E-state index contributed by atoms with van der Waals surface area (Å²) in [5.41, 5.74) is 0.838. The Morgan fingerprint density at radius 2 is 1.72 bits per heavy atom. The first kappa shape index (κ1) is 28.3. The second-order valence-electron chi connectivity index (χ2n) is 10.2. The van der Waals surface area contributed by atoms with Gasteiger partial charge in [0.25, 0.3) is 0 Å². The molecular formula is C27H29F5N6O. The summed E-state index contributed by atoms with van der Waals surface area (Å²) >= 11 is 0. The SMILES string of the molecule is Cc1ncc(C(C)(C)CNc2ccnc(C(F)(F)F)n2)c(C2CCN(C(=O)Cc3c(F)cccc3F)CC2)n1. The lowest BCUT2D eigenvalue weighted by molar-refractivity contribution is -0.144. The summed E-state index contributed by atoms with van der Waals surface area (Å²) in [5.74, 6) is -2.41. The minimum atomic E-state index is -4.65. The molecule has 4 rings (SSSR count). The molecule has 1 N–H and O–H groups in total. The fourth-order valence-electron chi connectivity index (χ4n) is 4.69. The largest absolute Gasteiger partial charge is 0.451 e. The highest BCUT2D eigenvalue weighted by Crippen LogP contribution is 2.35. The molecule has 0 spiro atoms. The molecule has 1 aliphatic rings.